The van der Waals surface area contributed by atoms with Crippen molar-refractivity contribution in [1.29, 1.82) is 0 Å². The number of aryl methyl sites for hydroxylation is 2. The molecular weight excluding hydrogens is 152 g/mol. The number of nitrogens with zero attached hydrogens (tertiary/aromatic N) is 2. The van der Waals surface area contributed by atoms with E-state index in [4.69, 9.17) is 6.85 Å². The molecule has 0 spiro atoms. The first-order valence-corrected chi connectivity index (χ1v) is 3.30. The molecule has 0 atom stereocenters. The summed E-state index contributed by atoms with van der Waals surface area (Å²) >= 11 is 0. The topological polar surface area (TPSA) is 57.4 Å². The average Bonchev–Trinajstić information content (AvgIpc) is 2.78. The van der Waals surface area contributed by atoms with Crippen LogP contribution in [0, 0.1) is 13.8 Å². The number of nitrogens with one attached hydrogen (secondary N) is 2. The Kier molecular flexibility index (Phi) is 1.40. The molecule has 0 saturated heterocycles. The second kappa shape index (κ2) is 4.33. The molecule has 0 saturated carbocycles. The van der Waals surface area contributed by atoms with Crippen molar-refractivity contribution in [3.8, 4) is 0 Å². The molecule has 4 heteroatoms. The van der Waals surface area contributed by atoms with E-state index in [0.29, 0.717) is 0 Å². The lowest BCUT2D eigenvalue weighted by Crippen LogP contribution is -1.66. The molecular formula is C8H12N4. The highest BCUT2D eigenvalue weighted by molar-refractivity contribution is 4.81. The van der Waals surface area contributed by atoms with Crippen molar-refractivity contribution in [2.45, 2.75) is 13.8 Å². The van der Waals surface area contributed by atoms with Crippen LogP contribution in [0.15, 0.2) is 24.7 Å². The second-order valence-corrected chi connectivity index (χ2v) is 2.00. The van der Waals surface area contributed by atoms with E-state index < -0.39 is 6.85 Å². The Morgan fingerprint density at radius 3 is 2.58 bits per heavy atom. The number of imidazole rings is 2. The number of rotatable bonds is 0. The fourth-order valence-electron chi connectivity index (χ4n) is 0.543. The predicted octanol–water partition coefficient (Wildman–Crippen LogP) is 1.44. The van der Waals surface area contributed by atoms with Crippen LogP contribution in [0.4, 0.5) is 0 Å². The maximum absolute atomic E-state index is 6.96. The van der Waals surface area contributed by atoms with Gasteiger partial charge in [0.2, 0.25) is 0 Å². The standard InChI is InChI=1S/2C4H6N2/c2*1-4-5-2-3-6-4/h2*2-3H,1H3,(H,5,6)/i1D3,2D,3D;. The van der Waals surface area contributed by atoms with E-state index >= 15 is 0 Å². The zero-order valence-electron chi connectivity index (χ0n) is 11.5. The third kappa shape index (κ3) is 3.01. The fourth-order valence-corrected chi connectivity index (χ4v) is 0.543. The fraction of sp³-hybridized carbons (Fsp3) is 0.250. The van der Waals surface area contributed by atoms with E-state index in [1.54, 1.807) is 12.4 Å². The van der Waals surface area contributed by atoms with Crippen molar-refractivity contribution in [2.24, 2.45) is 0 Å². The van der Waals surface area contributed by atoms with Crippen LogP contribution in [0.5, 0.6) is 0 Å². The number of aromatic amines is 2. The molecule has 0 aliphatic rings. The number of aromatic nitrogens is 4. The molecule has 2 aromatic rings. The van der Waals surface area contributed by atoms with E-state index in [0.717, 1.165) is 5.82 Å². The van der Waals surface area contributed by atoms with Gasteiger partial charge in [0.1, 0.15) is 11.6 Å². The molecule has 0 unspecified atom stereocenters. The molecule has 0 fully saturated rings. The van der Waals surface area contributed by atoms with Gasteiger partial charge >= 0.3 is 0 Å². The summed E-state index contributed by atoms with van der Waals surface area (Å²) in [6, 6.07) is 0. The molecule has 0 aromatic carbocycles. The van der Waals surface area contributed by atoms with Crippen molar-refractivity contribution in [2.75, 3.05) is 0 Å². The number of hydrogen-bond acceptors (Lipinski definition) is 2. The van der Waals surface area contributed by atoms with Gasteiger partial charge in [-0.1, -0.05) is 0 Å². The number of hydrogen-bond donors (Lipinski definition) is 2. The van der Waals surface area contributed by atoms with E-state index in [1.807, 2.05) is 6.92 Å². The van der Waals surface area contributed by atoms with Gasteiger partial charge in [-0.15, -0.1) is 0 Å². The highest BCUT2D eigenvalue weighted by Gasteiger charge is 1.74. The lowest BCUT2D eigenvalue weighted by atomic mass is 10.8. The predicted molar refractivity (Wildman–Crippen MR) is 46.6 cm³/mol. The summed E-state index contributed by atoms with van der Waals surface area (Å²) in [5.41, 5.74) is 0. The SMILES string of the molecule is Cc1ncc[nH]1.[2H]c1nc(C([2H])([2H])[2H])[nH]c1[2H]. The minimum Gasteiger partial charge on any atom is -0.349 e. The Hall–Kier alpha value is -1.58. The first kappa shape index (κ1) is 3.89. The van der Waals surface area contributed by atoms with Crippen molar-refractivity contribution in [1.82, 2.24) is 19.9 Å². The molecule has 0 amide bonds. The molecule has 2 N–H and O–H groups in total. The van der Waals surface area contributed by atoms with Crippen molar-refractivity contribution in [3.63, 3.8) is 0 Å². The summed E-state index contributed by atoms with van der Waals surface area (Å²) < 4.78 is 34.5. The lowest BCUT2D eigenvalue weighted by Gasteiger charge is -1.68. The highest BCUT2D eigenvalue weighted by atomic mass is 14.9. The monoisotopic (exact) mass is 169 g/mol. The van der Waals surface area contributed by atoms with Gasteiger partial charge in [-0.2, -0.15) is 0 Å². The Balaban J connectivity index is 0.000000202. The van der Waals surface area contributed by atoms with Gasteiger partial charge in [-0.25, -0.2) is 9.97 Å². The smallest absolute Gasteiger partial charge is 0.102 e. The van der Waals surface area contributed by atoms with Crippen LogP contribution in [0.1, 0.15) is 18.5 Å². The molecule has 0 aliphatic carbocycles. The van der Waals surface area contributed by atoms with Gasteiger partial charge < -0.3 is 9.97 Å². The van der Waals surface area contributed by atoms with E-state index in [9.17, 15) is 0 Å². The van der Waals surface area contributed by atoms with Gasteiger partial charge in [-0.05, 0) is 13.8 Å². The average molecular weight is 169 g/mol. The summed E-state index contributed by atoms with van der Waals surface area (Å²) in [4.78, 5) is 12.3. The minimum atomic E-state index is -2.35. The van der Waals surface area contributed by atoms with Crippen molar-refractivity contribution >= 4 is 0 Å². The molecule has 12 heavy (non-hydrogen) atoms. The van der Waals surface area contributed by atoms with E-state index in [1.165, 1.54) is 0 Å². The molecule has 4 nitrogen and oxygen atoms in total. The van der Waals surface area contributed by atoms with Crippen LogP contribution in [0.25, 0.3) is 0 Å². The first-order valence-electron chi connectivity index (χ1n) is 5.80. The molecule has 2 rings (SSSR count). The number of H-pyrrole nitrogens is 2. The van der Waals surface area contributed by atoms with Crippen LogP contribution in [0.3, 0.4) is 0 Å². The van der Waals surface area contributed by atoms with Gasteiger partial charge in [0, 0.05) is 28.9 Å². The van der Waals surface area contributed by atoms with E-state index in [2.05, 4.69) is 19.9 Å². The van der Waals surface area contributed by atoms with Gasteiger partial charge in [0.05, 0.1) is 2.74 Å². The summed E-state index contributed by atoms with van der Waals surface area (Å²) in [5.74, 6) is 0.669. The van der Waals surface area contributed by atoms with Crippen LogP contribution in [-0.2, 0) is 0 Å². The molecule has 2 heterocycles. The van der Waals surface area contributed by atoms with Gasteiger partial charge in [0.25, 0.3) is 0 Å². The molecule has 64 valence electrons. The van der Waals surface area contributed by atoms with Crippen LogP contribution >= 0.6 is 0 Å². The Morgan fingerprint density at radius 2 is 2.33 bits per heavy atom. The molecule has 0 radical (unpaired) electrons. The van der Waals surface area contributed by atoms with Crippen LogP contribution < -0.4 is 0 Å². The Morgan fingerprint density at radius 1 is 1.42 bits per heavy atom. The Labute approximate surface area is 78.1 Å². The first-order chi connectivity index (χ1) is 7.80. The highest BCUT2D eigenvalue weighted by Crippen LogP contribution is 1.79. The third-order valence-electron chi connectivity index (χ3n) is 1.04. The molecule has 2 aromatic heterocycles. The minimum absolute atomic E-state index is 0.267. The normalized spacial score (nSPS) is 15.9. The van der Waals surface area contributed by atoms with Crippen LogP contribution in [0.2, 0.25) is 0 Å². The zero-order chi connectivity index (χ0) is 13.1. The maximum Gasteiger partial charge on any atom is 0.102 e. The largest absolute Gasteiger partial charge is 0.349 e. The molecule has 0 aliphatic heterocycles. The summed E-state index contributed by atoms with van der Waals surface area (Å²) in [6.45, 7) is -0.435. The van der Waals surface area contributed by atoms with Gasteiger partial charge in [0.15, 0.2) is 0 Å². The summed E-state index contributed by atoms with van der Waals surface area (Å²) in [6.07, 6.45) is 2.93. The second-order valence-electron chi connectivity index (χ2n) is 2.00. The maximum atomic E-state index is 6.96. The Bertz CT molecular complexity index is 439. The van der Waals surface area contributed by atoms with Crippen LogP contribution in [-0.4, -0.2) is 19.9 Å². The summed E-state index contributed by atoms with van der Waals surface area (Å²) in [7, 11) is 0. The lowest BCUT2D eigenvalue weighted by molar-refractivity contribution is 1.15. The van der Waals surface area contributed by atoms with E-state index in [-0.39, 0.29) is 18.2 Å². The van der Waals surface area contributed by atoms with Crippen molar-refractivity contribution < 1.29 is 6.85 Å². The molecule has 0 bridgehead atoms. The van der Waals surface area contributed by atoms with Crippen molar-refractivity contribution in [3.05, 3.63) is 36.4 Å². The zero-order valence-corrected chi connectivity index (χ0v) is 6.55. The summed E-state index contributed by atoms with van der Waals surface area (Å²) in [5, 5.41) is 0. The van der Waals surface area contributed by atoms with Gasteiger partial charge in [-0.3, -0.25) is 0 Å². The quantitative estimate of drug-likeness (QED) is 0.627. The third-order valence-corrected chi connectivity index (χ3v) is 1.04.